The maximum atomic E-state index is 6.52. The Morgan fingerprint density at radius 3 is 1.80 bits per heavy atom. The molecule has 4 aromatic rings. The number of halogens is 2. The topological polar surface area (TPSA) is 12.5 Å². The van der Waals surface area contributed by atoms with E-state index in [0.717, 1.165) is 38.8 Å². The lowest BCUT2D eigenvalue weighted by Gasteiger charge is -2.27. The Kier molecular flexibility index (Phi) is 5.48. The first-order chi connectivity index (χ1) is 16.8. The van der Waals surface area contributed by atoms with Gasteiger partial charge in [0.25, 0.3) is 0 Å². The summed E-state index contributed by atoms with van der Waals surface area (Å²) in [4.78, 5) is 2.31. The van der Waals surface area contributed by atoms with Crippen LogP contribution in [0.25, 0.3) is 11.1 Å². The minimum absolute atomic E-state index is 0.139. The molecule has 4 heteroatoms. The van der Waals surface area contributed by atoms with Crippen LogP contribution in [0, 0.1) is 6.92 Å². The van der Waals surface area contributed by atoms with Crippen molar-refractivity contribution in [3.63, 3.8) is 0 Å². The SMILES string of the molecule is Cc1ccc(N(c2ccc(Br)cc2)c2ccc(Br)cc2)cc1-c1ccc2c(c1)C1(C)CCC2(C)O1. The molecule has 35 heavy (non-hydrogen) atoms. The van der Waals surface area contributed by atoms with Crippen LogP contribution in [0.5, 0.6) is 0 Å². The van der Waals surface area contributed by atoms with Gasteiger partial charge in [-0.05, 0) is 128 Å². The molecule has 2 heterocycles. The number of anilines is 3. The molecule has 0 radical (unpaired) electrons. The van der Waals surface area contributed by atoms with E-state index in [4.69, 9.17) is 4.74 Å². The van der Waals surface area contributed by atoms with Crippen LogP contribution >= 0.6 is 31.9 Å². The van der Waals surface area contributed by atoms with E-state index < -0.39 is 0 Å². The third-order valence-electron chi connectivity index (χ3n) is 7.65. The monoisotopic (exact) mass is 587 g/mol. The average molecular weight is 589 g/mol. The highest BCUT2D eigenvalue weighted by Gasteiger charge is 2.54. The van der Waals surface area contributed by atoms with Crippen molar-refractivity contribution in [1.29, 1.82) is 0 Å². The number of nitrogens with zero attached hydrogens (tertiary/aromatic N) is 1. The Bertz CT molecular complexity index is 1380. The molecular formula is C31H27Br2NO. The summed E-state index contributed by atoms with van der Waals surface area (Å²) in [6, 6.07) is 30.7. The Labute approximate surface area is 224 Å². The normalized spacial score (nSPS) is 22.3. The Hall–Kier alpha value is -2.40. The number of aryl methyl sites for hydroxylation is 1. The van der Waals surface area contributed by atoms with Gasteiger partial charge in [0.1, 0.15) is 0 Å². The molecule has 0 aromatic heterocycles. The molecule has 2 nitrogen and oxygen atoms in total. The van der Waals surface area contributed by atoms with Gasteiger partial charge in [0.05, 0.1) is 11.2 Å². The van der Waals surface area contributed by atoms with Crippen molar-refractivity contribution in [3.05, 3.63) is 111 Å². The summed E-state index contributed by atoms with van der Waals surface area (Å²) in [6.07, 6.45) is 2.18. The number of hydrogen-bond acceptors (Lipinski definition) is 2. The Morgan fingerprint density at radius 2 is 1.20 bits per heavy atom. The largest absolute Gasteiger partial charge is 0.360 e. The summed E-state index contributed by atoms with van der Waals surface area (Å²) in [5.41, 5.74) is 9.52. The fourth-order valence-electron chi connectivity index (χ4n) is 5.75. The highest BCUT2D eigenvalue weighted by molar-refractivity contribution is 9.10. The summed E-state index contributed by atoms with van der Waals surface area (Å²) >= 11 is 7.16. The van der Waals surface area contributed by atoms with Crippen LogP contribution < -0.4 is 4.90 Å². The van der Waals surface area contributed by atoms with E-state index in [1.54, 1.807) is 0 Å². The van der Waals surface area contributed by atoms with Crippen molar-refractivity contribution in [2.45, 2.75) is 44.8 Å². The van der Waals surface area contributed by atoms with Gasteiger partial charge in [-0.25, -0.2) is 0 Å². The van der Waals surface area contributed by atoms with E-state index in [1.165, 1.54) is 27.8 Å². The quantitative estimate of drug-likeness (QED) is 0.235. The molecule has 2 aliphatic heterocycles. The molecule has 2 aliphatic rings. The lowest BCUT2D eigenvalue weighted by molar-refractivity contribution is -0.0662. The van der Waals surface area contributed by atoms with Gasteiger partial charge in [0.2, 0.25) is 0 Å². The summed E-state index contributed by atoms with van der Waals surface area (Å²) in [6.45, 7) is 6.69. The molecule has 0 saturated carbocycles. The third-order valence-corrected chi connectivity index (χ3v) is 8.71. The van der Waals surface area contributed by atoms with E-state index in [9.17, 15) is 0 Å². The van der Waals surface area contributed by atoms with Crippen LogP contribution in [-0.4, -0.2) is 0 Å². The molecule has 2 unspecified atom stereocenters. The van der Waals surface area contributed by atoms with Gasteiger partial charge < -0.3 is 9.64 Å². The van der Waals surface area contributed by atoms with Gasteiger partial charge in [-0.1, -0.05) is 50.1 Å². The fourth-order valence-corrected chi connectivity index (χ4v) is 6.28. The molecular weight excluding hydrogens is 562 g/mol. The first-order valence-electron chi connectivity index (χ1n) is 12.0. The lowest BCUT2D eigenvalue weighted by atomic mass is 9.77. The van der Waals surface area contributed by atoms with Gasteiger partial charge in [-0.2, -0.15) is 0 Å². The van der Waals surface area contributed by atoms with E-state index in [2.05, 4.69) is 142 Å². The highest BCUT2D eigenvalue weighted by Crippen LogP contribution is 2.58. The number of benzene rings is 4. The molecule has 0 spiro atoms. The first-order valence-corrected chi connectivity index (χ1v) is 13.6. The van der Waals surface area contributed by atoms with E-state index in [1.807, 2.05) is 0 Å². The van der Waals surface area contributed by atoms with Crippen molar-refractivity contribution in [2.75, 3.05) is 4.90 Å². The first kappa shape index (κ1) is 23.0. The number of hydrogen-bond donors (Lipinski definition) is 0. The summed E-state index contributed by atoms with van der Waals surface area (Å²) in [7, 11) is 0. The maximum absolute atomic E-state index is 6.52. The van der Waals surface area contributed by atoms with Gasteiger partial charge in [0, 0.05) is 26.0 Å². The van der Waals surface area contributed by atoms with E-state index in [-0.39, 0.29) is 11.2 Å². The van der Waals surface area contributed by atoms with Crippen LogP contribution in [0.3, 0.4) is 0 Å². The maximum Gasteiger partial charge on any atom is 0.0920 e. The zero-order valence-electron chi connectivity index (χ0n) is 20.1. The number of rotatable bonds is 4. The van der Waals surface area contributed by atoms with Crippen molar-refractivity contribution in [3.8, 4) is 11.1 Å². The van der Waals surface area contributed by atoms with Crippen LogP contribution in [0.4, 0.5) is 17.1 Å². The Balaban J connectivity index is 1.48. The molecule has 0 N–H and O–H groups in total. The van der Waals surface area contributed by atoms with Gasteiger partial charge in [0.15, 0.2) is 0 Å². The third kappa shape index (κ3) is 3.87. The van der Waals surface area contributed by atoms with E-state index >= 15 is 0 Å². The lowest BCUT2D eigenvalue weighted by Crippen LogP contribution is -2.17. The zero-order valence-corrected chi connectivity index (χ0v) is 23.3. The van der Waals surface area contributed by atoms with Crippen molar-refractivity contribution >= 4 is 48.9 Å². The fraction of sp³-hybridized carbons (Fsp3) is 0.226. The number of fused-ring (bicyclic) bond motifs is 5. The molecule has 1 fully saturated rings. The molecule has 6 rings (SSSR count). The van der Waals surface area contributed by atoms with Crippen LogP contribution in [-0.2, 0) is 15.9 Å². The Morgan fingerprint density at radius 1 is 0.657 bits per heavy atom. The second-order valence-electron chi connectivity index (χ2n) is 10.1. The molecule has 2 atom stereocenters. The molecule has 2 bridgehead atoms. The summed E-state index contributed by atoms with van der Waals surface area (Å²) in [5.74, 6) is 0. The van der Waals surface area contributed by atoms with Crippen LogP contribution in [0.2, 0.25) is 0 Å². The standard InChI is InChI=1S/C31H27Br2NO/c1-20-4-10-26(34(24-11-6-22(32)7-12-24)25-13-8-23(33)9-14-25)19-27(20)21-5-15-28-29(18-21)31(3)17-16-30(28,2)35-31/h4-15,18-19H,16-17H2,1-3H3. The average Bonchev–Trinajstić information content (AvgIpc) is 3.29. The van der Waals surface area contributed by atoms with Crippen molar-refractivity contribution in [1.82, 2.24) is 0 Å². The smallest absolute Gasteiger partial charge is 0.0920 e. The zero-order chi connectivity index (χ0) is 24.4. The van der Waals surface area contributed by atoms with Crippen LogP contribution in [0.15, 0.2) is 93.9 Å². The predicted molar refractivity (Wildman–Crippen MR) is 152 cm³/mol. The molecule has 1 saturated heterocycles. The molecule has 0 amide bonds. The number of ether oxygens (including phenoxy) is 1. The highest BCUT2D eigenvalue weighted by atomic mass is 79.9. The second kappa shape index (κ2) is 8.33. The van der Waals surface area contributed by atoms with E-state index in [0.29, 0.717) is 0 Å². The molecule has 176 valence electrons. The van der Waals surface area contributed by atoms with Crippen LogP contribution in [0.1, 0.15) is 43.4 Å². The predicted octanol–water partition coefficient (Wildman–Crippen LogP) is 9.91. The minimum atomic E-state index is -0.174. The second-order valence-corrected chi connectivity index (χ2v) is 11.9. The summed E-state index contributed by atoms with van der Waals surface area (Å²) in [5, 5.41) is 0. The minimum Gasteiger partial charge on any atom is -0.360 e. The molecule has 0 aliphatic carbocycles. The summed E-state index contributed by atoms with van der Waals surface area (Å²) < 4.78 is 8.66. The van der Waals surface area contributed by atoms with Crippen molar-refractivity contribution in [2.24, 2.45) is 0 Å². The molecule has 4 aromatic carbocycles. The van der Waals surface area contributed by atoms with Gasteiger partial charge in [-0.3, -0.25) is 0 Å². The van der Waals surface area contributed by atoms with Gasteiger partial charge in [-0.15, -0.1) is 0 Å². The van der Waals surface area contributed by atoms with Gasteiger partial charge >= 0.3 is 0 Å². The van der Waals surface area contributed by atoms with Crippen molar-refractivity contribution < 1.29 is 4.74 Å².